The first-order chi connectivity index (χ1) is 9.08. The smallest absolute Gasteiger partial charge is 0.264 e. The van der Waals surface area contributed by atoms with E-state index >= 15 is 0 Å². The third kappa shape index (κ3) is 2.57. The van der Waals surface area contributed by atoms with Crippen LogP contribution < -0.4 is 21.1 Å². The maximum absolute atomic E-state index is 11.6. The molecule has 0 saturated heterocycles. The minimum absolute atomic E-state index is 0.0518. The van der Waals surface area contributed by atoms with Crippen LogP contribution >= 0.6 is 0 Å². The number of benzene rings is 1. The summed E-state index contributed by atoms with van der Waals surface area (Å²) in [7, 11) is 1.75. The van der Waals surface area contributed by atoms with Crippen molar-refractivity contribution in [3.63, 3.8) is 0 Å². The molecular weight excluding hydrogens is 242 g/mol. The van der Waals surface area contributed by atoms with Gasteiger partial charge in [-0.25, -0.2) is 0 Å². The second kappa shape index (κ2) is 5.59. The molecule has 1 aliphatic heterocycles. The number of amides is 1. The van der Waals surface area contributed by atoms with Crippen LogP contribution in [0.3, 0.4) is 0 Å². The molecule has 1 amide bonds. The number of rotatable bonds is 4. The van der Waals surface area contributed by atoms with Gasteiger partial charge in [-0.15, -0.1) is 0 Å². The monoisotopic (exact) mass is 263 g/mol. The van der Waals surface area contributed by atoms with Gasteiger partial charge in [0.05, 0.1) is 5.69 Å². The van der Waals surface area contributed by atoms with Crippen LogP contribution in [0.15, 0.2) is 18.2 Å². The molecule has 4 N–H and O–H groups in total. The number of fused-ring (bicyclic) bond motifs is 1. The van der Waals surface area contributed by atoms with E-state index in [0.717, 1.165) is 23.4 Å². The average molecular weight is 263 g/mol. The first kappa shape index (κ1) is 13.8. The molecule has 1 aromatic rings. The Morgan fingerprint density at radius 1 is 1.47 bits per heavy atom. The van der Waals surface area contributed by atoms with Gasteiger partial charge in [-0.2, -0.15) is 0 Å². The lowest BCUT2D eigenvalue weighted by Gasteiger charge is -2.28. The van der Waals surface area contributed by atoms with Crippen molar-refractivity contribution < 1.29 is 9.53 Å². The zero-order valence-electron chi connectivity index (χ0n) is 11.4. The Morgan fingerprint density at radius 3 is 2.84 bits per heavy atom. The normalized spacial score (nSPS) is 17.7. The number of anilines is 1. The van der Waals surface area contributed by atoms with Gasteiger partial charge < -0.3 is 21.1 Å². The van der Waals surface area contributed by atoms with Gasteiger partial charge >= 0.3 is 0 Å². The first-order valence-corrected chi connectivity index (χ1v) is 6.57. The summed E-state index contributed by atoms with van der Waals surface area (Å²) in [6.07, 6.45) is 0.931. The summed E-state index contributed by atoms with van der Waals surface area (Å²) in [5, 5.41) is 0. The van der Waals surface area contributed by atoms with Crippen molar-refractivity contribution in [3.8, 4) is 5.75 Å². The quantitative estimate of drug-likeness (QED) is 0.850. The summed E-state index contributed by atoms with van der Waals surface area (Å²) in [4.78, 5) is 13.2. The van der Waals surface area contributed by atoms with E-state index < -0.39 is 0 Å². The van der Waals surface area contributed by atoms with Crippen LogP contribution in [0.1, 0.15) is 24.9 Å². The topological polar surface area (TPSA) is 81.6 Å². The minimum atomic E-state index is -0.120. The van der Waals surface area contributed by atoms with Crippen molar-refractivity contribution in [1.29, 1.82) is 0 Å². The summed E-state index contributed by atoms with van der Waals surface area (Å²) < 4.78 is 5.40. The fourth-order valence-electron chi connectivity index (χ4n) is 2.34. The van der Waals surface area contributed by atoms with Crippen molar-refractivity contribution >= 4 is 11.6 Å². The van der Waals surface area contributed by atoms with Crippen LogP contribution in [0.25, 0.3) is 0 Å². The standard InChI is InChI=1S/C14H21N3O2/c1-3-9(7-15)14(16)10-4-5-12-11(6-10)17(2)13(18)8-19-12/h4-6,9,14H,3,7-8,15-16H2,1-2H3. The fraction of sp³-hybridized carbons (Fsp3) is 0.500. The van der Waals surface area contributed by atoms with Gasteiger partial charge in [-0.05, 0) is 30.2 Å². The fourth-order valence-corrected chi connectivity index (χ4v) is 2.34. The Balaban J connectivity index is 2.32. The zero-order chi connectivity index (χ0) is 14.0. The summed E-state index contributed by atoms with van der Waals surface area (Å²) >= 11 is 0. The number of carbonyl (C=O) groups excluding carboxylic acids is 1. The zero-order valence-corrected chi connectivity index (χ0v) is 11.4. The van der Waals surface area contributed by atoms with E-state index in [9.17, 15) is 4.79 Å². The molecule has 5 heteroatoms. The average Bonchev–Trinajstić information content (AvgIpc) is 2.44. The van der Waals surface area contributed by atoms with Gasteiger partial charge in [0, 0.05) is 13.1 Å². The van der Waals surface area contributed by atoms with E-state index in [1.165, 1.54) is 0 Å². The highest BCUT2D eigenvalue weighted by Gasteiger charge is 2.24. The maximum Gasteiger partial charge on any atom is 0.264 e. The molecule has 0 aliphatic carbocycles. The van der Waals surface area contributed by atoms with E-state index in [4.69, 9.17) is 16.2 Å². The lowest BCUT2D eigenvalue weighted by Crippen LogP contribution is -2.35. The second-order valence-corrected chi connectivity index (χ2v) is 4.90. The Kier molecular flexibility index (Phi) is 4.07. The van der Waals surface area contributed by atoms with Crippen molar-refractivity contribution in [2.24, 2.45) is 17.4 Å². The number of likely N-dealkylation sites (N-methyl/N-ethyl adjacent to an activating group) is 1. The van der Waals surface area contributed by atoms with Crippen LogP contribution in [0.4, 0.5) is 5.69 Å². The van der Waals surface area contributed by atoms with E-state index in [1.807, 2.05) is 18.2 Å². The number of hydrogen-bond acceptors (Lipinski definition) is 4. The largest absolute Gasteiger partial charge is 0.482 e. The Labute approximate surface area is 113 Å². The number of ether oxygens (including phenoxy) is 1. The second-order valence-electron chi connectivity index (χ2n) is 4.90. The predicted molar refractivity (Wildman–Crippen MR) is 75.1 cm³/mol. The van der Waals surface area contributed by atoms with E-state index in [2.05, 4.69) is 6.92 Å². The number of hydrogen-bond donors (Lipinski definition) is 2. The maximum atomic E-state index is 11.6. The molecule has 0 bridgehead atoms. The summed E-state index contributed by atoms with van der Waals surface area (Å²) in [5.41, 5.74) is 13.8. The molecule has 1 aromatic carbocycles. The lowest BCUT2D eigenvalue weighted by molar-refractivity contribution is -0.120. The summed E-state index contributed by atoms with van der Waals surface area (Å²) in [6, 6.07) is 5.63. The molecule has 2 rings (SSSR count). The third-order valence-electron chi connectivity index (χ3n) is 3.79. The van der Waals surface area contributed by atoms with Crippen LogP contribution in [0.5, 0.6) is 5.75 Å². The van der Waals surface area contributed by atoms with Gasteiger partial charge in [0.25, 0.3) is 5.91 Å². The summed E-state index contributed by atoms with van der Waals surface area (Å²) in [6.45, 7) is 2.73. The van der Waals surface area contributed by atoms with Crippen molar-refractivity contribution in [1.82, 2.24) is 0 Å². The Bertz CT molecular complexity index is 472. The van der Waals surface area contributed by atoms with Gasteiger partial charge in [0.1, 0.15) is 5.75 Å². The van der Waals surface area contributed by atoms with Crippen molar-refractivity contribution in [3.05, 3.63) is 23.8 Å². The number of nitrogens with zero attached hydrogens (tertiary/aromatic N) is 1. The Hall–Kier alpha value is -1.59. The molecule has 1 heterocycles. The molecular formula is C14H21N3O2. The molecule has 1 aliphatic rings. The molecule has 0 saturated carbocycles. The van der Waals surface area contributed by atoms with Crippen molar-refractivity contribution in [2.75, 3.05) is 25.1 Å². The third-order valence-corrected chi connectivity index (χ3v) is 3.79. The van der Waals surface area contributed by atoms with Crippen LogP contribution in [0.2, 0.25) is 0 Å². The van der Waals surface area contributed by atoms with Crippen LogP contribution in [-0.2, 0) is 4.79 Å². The molecule has 2 atom stereocenters. The van der Waals surface area contributed by atoms with Gasteiger partial charge in [-0.3, -0.25) is 4.79 Å². The summed E-state index contributed by atoms with van der Waals surface area (Å²) in [5.74, 6) is 0.909. The van der Waals surface area contributed by atoms with Gasteiger partial charge in [0.2, 0.25) is 0 Å². The SMILES string of the molecule is CCC(CN)C(N)c1ccc2c(c1)N(C)C(=O)CO2. The van der Waals surface area contributed by atoms with E-state index in [0.29, 0.717) is 6.54 Å². The predicted octanol–water partition coefficient (Wildman–Crippen LogP) is 1.03. The number of nitrogens with two attached hydrogens (primary N) is 2. The van der Waals surface area contributed by atoms with Crippen molar-refractivity contribution in [2.45, 2.75) is 19.4 Å². The van der Waals surface area contributed by atoms with Gasteiger partial charge in [-0.1, -0.05) is 19.4 Å². The molecule has 104 valence electrons. The molecule has 0 spiro atoms. The highest BCUT2D eigenvalue weighted by atomic mass is 16.5. The molecule has 2 unspecified atom stereocenters. The van der Waals surface area contributed by atoms with Crippen LogP contribution in [0, 0.1) is 5.92 Å². The molecule has 0 radical (unpaired) electrons. The lowest BCUT2D eigenvalue weighted by atomic mass is 9.91. The van der Waals surface area contributed by atoms with Crippen LogP contribution in [-0.4, -0.2) is 26.1 Å². The molecule has 0 aromatic heterocycles. The Morgan fingerprint density at radius 2 is 2.21 bits per heavy atom. The molecule has 0 fully saturated rings. The molecule has 19 heavy (non-hydrogen) atoms. The van der Waals surface area contributed by atoms with Gasteiger partial charge in [0.15, 0.2) is 6.61 Å². The first-order valence-electron chi connectivity index (χ1n) is 6.57. The minimum Gasteiger partial charge on any atom is -0.482 e. The molecule has 5 nitrogen and oxygen atoms in total. The van der Waals surface area contributed by atoms with E-state index in [1.54, 1.807) is 11.9 Å². The number of carbonyl (C=O) groups is 1. The highest BCUT2D eigenvalue weighted by Crippen LogP contribution is 2.34. The highest BCUT2D eigenvalue weighted by molar-refractivity contribution is 5.97. The van der Waals surface area contributed by atoms with E-state index in [-0.39, 0.29) is 24.5 Å².